The number of hydrogen-bond donors (Lipinski definition) is 2. The average Bonchev–Trinajstić information content (AvgIpc) is 2.19. The fourth-order valence-corrected chi connectivity index (χ4v) is 1.65. The summed E-state index contributed by atoms with van der Waals surface area (Å²) in [6.07, 6.45) is 0. The van der Waals surface area contributed by atoms with Crippen molar-refractivity contribution in [2.24, 2.45) is 0 Å². The van der Waals surface area contributed by atoms with E-state index in [1.54, 1.807) is 0 Å². The number of ether oxygens (including phenoxy) is 1. The van der Waals surface area contributed by atoms with Gasteiger partial charge in [0.05, 0.1) is 13.2 Å². The Morgan fingerprint density at radius 2 is 2.13 bits per heavy atom. The third-order valence-electron chi connectivity index (χ3n) is 2.35. The van der Waals surface area contributed by atoms with Crippen LogP contribution in [0.4, 0.5) is 4.79 Å². The minimum absolute atomic E-state index is 0.0849. The van der Waals surface area contributed by atoms with Crippen LogP contribution in [0.3, 0.4) is 0 Å². The molecule has 2 amide bonds. The van der Waals surface area contributed by atoms with Crippen molar-refractivity contribution in [3.8, 4) is 0 Å². The van der Waals surface area contributed by atoms with Crippen LogP contribution < -0.4 is 10.6 Å². The Kier molecular flexibility index (Phi) is 5.42. The van der Waals surface area contributed by atoms with Crippen molar-refractivity contribution in [1.82, 2.24) is 15.5 Å². The maximum Gasteiger partial charge on any atom is 0.315 e. The summed E-state index contributed by atoms with van der Waals surface area (Å²) in [4.78, 5) is 13.5. The number of nitrogens with one attached hydrogen (secondary N) is 2. The SMILES string of the molecule is CCNC(=O)NC(C)CN1CCOCC1. The summed E-state index contributed by atoms with van der Waals surface area (Å²) in [6, 6.07) is 0.0907. The monoisotopic (exact) mass is 215 g/mol. The Morgan fingerprint density at radius 3 is 2.73 bits per heavy atom. The Bertz CT molecular complexity index is 193. The molecular weight excluding hydrogens is 194 g/mol. The van der Waals surface area contributed by atoms with E-state index in [0.29, 0.717) is 6.54 Å². The van der Waals surface area contributed by atoms with Gasteiger partial charge < -0.3 is 15.4 Å². The van der Waals surface area contributed by atoms with Crippen LogP contribution in [-0.2, 0) is 4.74 Å². The molecule has 1 aliphatic rings. The largest absolute Gasteiger partial charge is 0.379 e. The fraction of sp³-hybridized carbons (Fsp3) is 0.900. The first kappa shape index (κ1) is 12.3. The molecule has 0 aromatic carbocycles. The minimum atomic E-state index is -0.0849. The van der Waals surface area contributed by atoms with Gasteiger partial charge in [0.2, 0.25) is 0 Å². The molecule has 1 rings (SSSR count). The van der Waals surface area contributed by atoms with E-state index < -0.39 is 0 Å². The van der Waals surface area contributed by atoms with Crippen molar-refractivity contribution in [1.29, 1.82) is 0 Å². The summed E-state index contributed by atoms with van der Waals surface area (Å²) in [6.45, 7) is 9.00. The first-order valence-corrected chi connectivity index (χ1v) is 5.57. The van der Waals surface area contributed by atoms with Crippen molar-refractivity contribution >= 4 is 6.03 Å². The van der Waals surface area contributed by atoms with Crippen LogP contribution >= 0.6 is 0 Å². The van der Waals surface area contributed by atoms with E-state index in [1.165, 1.54) is 0 Å². The summed E-state index contributed by atoms with van der Waals surface area (Å²) in [5, 5.41) is 5.62. The van der Waals surface area contributed by atoms with Crippen molar-refractivity contribution in [3.05, 3.63) is 0 Å². The molecule has 5 heteroatoms. The van der Waals surface area contributed by atoms with Gasteiger partial charge in [-0.1, -0.05) is 0 Å². The molecule has 1 aliphatic heterocycles. The van der Waals surface area contributed by atoms with E-state index in [-0.39, 0.29) is 12.1 Å². The average molecular weight is 215 g/mol. The number of rotatable bonds is 4. The lowest BCUT2D eigenvalue weighted by molar-refractivity contribution is 0.0349. The second-order valence-corrected chi connectivity index (χ2v) is 3.82. The lowest BCUT2D eigenvalue weighted by Crippen LogP contribution is -2.48. The molecule has 2 N–H and O–H groups in total. The lowest BCUT2D eigenvalue weighted by Gasteiger charge is -2.29. The molecule has 15 heavy (non-hydrogen) atoms. The third kappa shape index (κ3) is 4.99. The molecule has 1 fully saturated rings. The van der Waals surface area contributed by atoms with Crippen molar-refractivity contribution in [2.45, 2.75) is 19.9 Å². The van der Waals surface area contributed by atoms with Crippen LogP contribution in [0.2, 0.25) is 0 Å². The lowest BCUT2D eigenvalue weighted by atomic mass is 10.3. The maximum atomic E-state index is 11.2. The Balaban J connectivity index is 2.16. The number of urea groups is 1. The molecule has 0 aromatic heterocycles. The Hall–Kier alpha value is -0.810. The highest BCUT2D eigenvalue weighted by Crippen LogP contribution is 1.98. The first-order valence-electron chi connectivity index (χ1n) is 5.57. The van der Waals surface area contributed by atoms with Crippen molar-refractivity contribution in [2.75, 3.05) is 39.4 Å². The van der Waals surface area contributed by atoms with Crippen molar-refractivity contribution < 1.29 is 9.53 Å². The van der Waals surface area contributed by atoms with Gasteiger partial charge in [0, 0.05) is 32.2 Å². The third-order valence-corrected chi connectivity index (χ3v) is 2.35. The molecule has 0 saturated carbocycles. The van der Waals surface area contributed by atoms with E-state index in [1.807, 2.05) is 13.8 Å². The summed E-state index contributed by atoms with van der Waals surface area (Å²) in [5.74, 6) is 0. The summed E-state index contributed by atoms with van der Waals surface area (Å²) < 4.78 is 5.26. The molecule has 1 saturated heterocycles. The van der Waals surface area contributed by atoms with E-state index in [9.17, 15) is 4.79 Å². The van der Waals surface area contributed by atoms with Crippen LogP contribution in [0.15, 0.2) is 0 Å². The minimum Gasteiger partial charge on any atom is -0.379 e. The molecule has 1 unspecified atom stereocenters. The standard InChI is InChI=1S/C10H21N3O2/c1-3-11-10(14)12-9(2)8-13-4-6-15-7-5-13/h9H,3-8H2,1-2H3,(H2,11,12,14). The maximum absolute atomic E-state index is 11.2. The van der Waals surface area contributed by atoms with Crippen LogP contribution in [0.5, 0.6) is 0 Å². The topological polar surface area (TPSA) is 53.6 Å². The molecule has 0 radical (unpaired) electrons. The Morgan fingerprint density at radius 1 is 1.47 bits per heavy atom. The summed E-state index contributed by atoms with van der Waals surface area (Å²) in [5.41, 5.74) is 0. The van der Waals surface area contributed by atoms with Gasteiger partial charge >= 0.3 is 6.03 Å². The molecule has 1 heterocycles. The van der Waals surface area contributed by atoms with Crippen LogP contribution in [0.25, 0.3) is 0 Å². The fourth-order valence-electron chi connectivity index (χ4n) is 1.65. The summed E-state index contributed by atoms with van der Waals surface area (Å²) >= 11 is 0. The second kappa shape index (κ2) is 6.63. The highest BCUT2D eigenvalue weighted by atomic mass is 16.5. The normalized spacial score (nSPS) is 19.6. The second-order valence-electron chi connectivity index (χ2n) is 3.82. The van der Waals surface area contributed by atoms with Gasteiger partial charge in [0.1, 0.15) is 0 Å². The van der Waals surface area contributed by atoms with Gasteiger partial charge in [0.25, 0.3) is 0 Å². The number of morpholine rings is 1. The van der Waals surface area contributed by atoms with Gasteiger partial charge in [0.15, 0.2) is 0 Å². The quantitative estimate of drug-likeness (QED) is 0.695. The van der Waals surface area contributed by atoms with Crippen LogP contribution in [0, 0.1) is 0 Å². The van der Waals surface area contributed by atoms with Crippen LogP contribution in [0.1, 0.15) is 13.8 Å². The van der Waals surface area contributed by atoms with Crippen LogP contribution in [-0.4, -0.2) is 56.4 Å². The van der Waals surface area contributed by atoms with Gasteiger partial charge in [-0.25, -0.2) is 4.79 Å². The number of carbonyl (C=O) groups is 1. The smallest absolute Gasteiger partial charge is 0.315 e. The zero-order valence-electron chi connectivity index (χ0n) is 9.58. The zero-order chi connectivity index (χ0) is 11.1. The molecule has 0 aromatic rings. The summed E-state index contributed by atoms with van der Waals surface area (Å²) in [7, 11) is 0. The molecule has 1 atom stereocenters. The predicted molar refractivity (Wildman–Crippen MR) is 58.9 cm³/mol. The van der Waals surface area contributed by atoms with E-state index >= 15 is 0 Å². The highest BCUT2D eigenvalue weighted by Gasteiger charge is 2.14. The molecule has 0 aliphatic carbocycles. The molecule has 5 nitrogen and oxygen atoms in total. The molecule has 0 bridgehead atoms. The van der Waals surface area contributed by atoms with E-state index in [4.69, 9.17) is 4.74 Å². The number of hydrogen-bond acceptors (Lipinski definition) is 3. The van der Waals surface area contributed by atoms with Gasteiger partial charge in [-0.2, -0.15) is 0 Å². The van der Waals surface area contributed by atoms with Crippen molar-refractivity contribution in [3.63, 3.8) is 0 Å². The van der Waals surface area contributed by atoms with Gasteiger partial charge in [-0.15, -0.1) is 0 Å². The van der Waals surface area contributed by atoms with Gasteiger partial charge in [-0.05, 0) is 13.8 Å². The zero-order valence-corrected chi connectivity index (χ0v) is 9.58. The molecule has 88 valence electrons. The number of nitrogens with zero attached hydrogens (tertiary/aromatic N) is 1. The Labute approximate surface area is 91.2 Å². The van der Waals surface area contributed by atoms with E-state index in [0.717, 1.165) is 32.8 Å². The molecular formula is C10H21N3O2. The van der Waals surface area contributed by atoms with Gasteiger partial charge in [-0.3, -0.25) is 4.90 Å². The number of carbonyl (C=O) groups excluding carboxylic acids is 1. The molecule has 0 spiro atoms. The first-order chi connectivity index (χ1) is 7.22. The van der Waals surface area contributed by atoms with E-state index in [2.05, 4.69) is 15.5 Å². The predicted octanol–water partition coefficient (Wildman–Crippen LogP) is 0.0262. The highest BCUT2D eigenvalue weighted by molar-refractivity contribution is 5.74. The number of amides is 2.